The minimum absolute atomic E-state index is 0.0780. The maximum Gasteiger partial charge on any atom is 0.300 e. The molecule has 102 valence electrons. The molecule has 0 aliphatic heterocycles. The van der Waals surface area contributed by atoms with Gasteiger partial charge in [0.25, 0.3) is 10.2 Å². The van der Waals surface area contributed by atoms with E-state index in [1.54, 1.807) is 7.11 Å². The zero-order valence-corrected chi connectivity index (χ0v) is 12.6. The van der Waals surface area contributed by atoms with Crippen molar-refractivity contribution in [2.75, 3.05) is 25.0 Å². The number of ether oxygens (including phenoxy) is 1. The largest absolute Gasteiger partial charge is 0.385 e. The van der Waals surface area contributed by atoms with Crippen LogP contribution in [0.3, 0.4) is 0 Å². The molecule has 0 spiro atoms. The molecule has 0 atom stereocenters. The standard InChI is InChI=1S/C8H12BrClN4O3S/c1-17-4-2-3-13-18(15,16)14-8-6(9)7(10)11-5-12-8/h5,13H,2-4H2,1H3,(H,11,12,14). The number of methoxy groups -OCH3 is 1. The average molecular weight is 360 g/mol. The molecule has 1 rings (SSSR count). The van der Waals surface area contributed by atoms with Crippen molar-refractivity contribution in [1.82, 2.24) is 14.7 Å². The Morgan fingerprint density at radius 1 is 1.50 bits per heavy atom. The van der Waals surface area contributed by atoms with E-state index in [2.05, 4.69) is 35.3 Å². The summed E-state index contributed by atoms with van der Waals surface area (Å²) >= 11 is 8.81. The van der Waals surface area contributed by atoms with Crippen LogP contribution in [-0.2, 0) is 14.9 Å². The molecule has 0 bridgehead atoms. The highest BCUT2D eigenvalue weighted by molar-refractivity contribution is 9.10. The van der Waals surface area contributed by atoms with Gasteiger partial charge in [0.1, 0.15) is 11.5 Å². The van der Waals surface area contributed by atoms with Crippen LogP contribution in [0.4, 0.5) is 5.82 Å². The summed E-state index contributed by atoms with van der Waals surface area (Å²) in [7, 11) is -2.14. The minimum Gasteiger partial charge on any atom is -0.385 e. The highest BCUT2D eigenvalue weighted by Gasteiger charge is 2.14. The maximum absolute atomic E-state index is 11.6. The molecule has 7 nitrogen and oxygen atoms in total. The Labute approximate surface area is 119 Å². The lowest BCUT2D eigenvalue weighted by Gasteiger charge is -2.09. The normalized spacial score (nSPS) is 11.5. The highest BCUT2D eigenvalue weighted by Crippen LogP contribution is 2.26. The Balaban J connectivity index is 2.62. The van der Waals surface area contributed by atoms with Gasteiger partial charge in [0.2, 0.25) is 0 Å². The van der Waals surface area contributed by atoms with Gasteiger partial charge in [0, 0.05) is 20.3 Å². The number of halogens is 2. The average Bonchev–Trinajstić information content (AvgIpc) is 2.31. The monoisotopic (exact) mass is 358 g/mol. The van der Waals surface area contributed by atoms with Gasteiger partial charge in [0.15, 0.2) is 5.82 Å². The van der Waals surface area contributed by atoms with Gasteiger partial charge in [-0.2, -0.15) is 13.1 Å². The van der Waals surface area contributed by atoms with Crippen molar-refractivity contribution in [1.29, 1.82) is 0 Å². The molecular formula is C8H12BrClN4O3S. The first kappa shape index (κ1) is 15.6. The van der Waals surface area contributed by atoms with Crippen LogP contribution in [0.1, 0.15) is 6.42 Å². The molecule has 0 aromatic carbocycles. The second-order valence-corrected chi connectivity index (χ2v) is 5.82. The fraction of sp³-hybridized carbons (Fsp3) is 0.500. The van der Waals surface area contributed by atoms with Gasteiger partial charge in [-0.25, -0.2) is 9.97 Å². The molecular weight excluding hydrogens is 348 g/mol. The molecule has 0 saturated carbocycles. The zero-order valence-electron chi connectivity index (χ0n) is 9.48. The van der Waals surface area contributed by atoms with E-state index in [9.17, 15) is 8.42 Å². The number of rotatable bonds is 7. The Bertz CT molecular complexity index is 499. The Kier molecular flexibility index (Phi) is 6.22. The molecule has 0 amide bonds. The third-order valence-electron chi connectivity index (χ3n) is 1.80. The second-order valence-electron chi connectivity index (χ2n) is 3.17. The summed E-state index contributed by atoms with van der Waals surface area (Å²) in [6.45, 7) is 0.741. The lowest BCUT2D eigenvalue weighted by Crippen LogP contribution is -2.31. The van der Waals surface area contributed by atoms with E-state index in [0.717, 1.165) is 6.33 Å². The van der Waals surface area contributed by atoms with Gasteiger partial charge >= 0.3 is 0 Å². The van der Waals surface area contributed by atoms with Crippen LogP contribution in [0.2, 0.25) is 5.15 Å². The molecule has 2 N–H and O–H groups in total. The van der Waals surface area contributed by atoms with Gasteiger partial charge in [0.05, 0.1) is 4.47 Å². The van der Waals surface area contributed by atoms with Crippen LogP contribution in [0, 0.1) is 0 Å². The lowest BCUT2D eigenvalue weighted by molar-refractivity contribution is 0.196. The molecule has 0 unspecified atom stereocenters. The number of aromatic nitrogens is 2. The summed E-state index contributed by atoms with van der Waals surface area (Å²) in [5, 5.41) is 0.127. The number of nitrogens with one attached hydrogen (secondary N) is 2. The van der Waals surface area contributed by atoms with Crippen LogP contribution in [-0.4, -0.2) is 38.6 Å². The van der Waals surface area contributed by atoms with Crippen molar-refractivity contribution < 1.29 is 13.2 Å². The van der Waals surface area contributed by atoms with Crippen molar-refractivity contribution in [3.05, 3.63) is 16.0 Å². The molecule has 1 aromatic heterocycles. The first-order chi connectivity index (χ1) is 8.46. The lowest BCUT2D eigenvalue weighted by atomic mass is 10.5. The van der Waals surface area contributed by atoms with E-state index in [1.165, 1.54) is 0 Å². The third-order valence-corrected chi connectivity index (χ3v) is 4.11. The van der Waals surface area contributed by atoms with Gasteiger partial charge in [-0.1, -0.05) is 11.6 Å². The summed E-state index contributed by atoms with van der Waals surface area (Å²) in [5.74, 6) is 0.0780. The van der Waals surface area contributed by atoms with Gasteiger partial charge in [-0.15, -0.1) is 0 Å². The van der Waals surface area contributed by atoms with Crippen LogP contribution in [0.25, 0.3) is 0 Å². The van der Waals surface area contributed by atoms with E-state index in [4.69, 9.17) is 16.3 Å². The predicted octanol–water partition coefficient (Wildman–Crippen LogP) is 1.18. The van der Waals surface area contributed by atoms with Crippen LogP contribution >= 0.6 is 27.5 Å². The molecule has 10 heteroatoms. The first-order valence-corrected chi connectivity index (χ1v) is 7.54. The van der Waals surface area contributed by atoms with Crippen molar-refractivity contribution in [2.45, 2.75) is 6.42 Å². The predicted molar refractivity (Wildman–Crippen MR) is 71.8 cm³/mol. The van der Waals surface area contributed by atoms with E-state index in [-0.39, 0.29) is 22.0 Å². The summed E-state index contributed by atoms with van der Waals surface area (Å²) < 4.78 is 33.0. The fourth-order valence-electron chi connectivity index (χ4n) is 1.01. The molecule has 18 heavy (non-hydrogen) atoms. The Hall–Kier alpha value is -0.480. The van der Waals surface area contributed by atoms with Crippen molar-refractivity contribution in [2.24, 2.45) is 0 Å². The Morgan fingerprint density at radius 2 is 2.22 bits per heavy atom. The van der Waals surface area contributed by atoms with Crippen molar-refractivity contribution in [3.63, 3.8) is 0 Å². The zero-order chi connectivity index (χ0) is 13.6. The summed E-state index contributed by atoms with van der Waals surface area (Å²) in [6.07, 6.45) is 1.74. The van der Waals surface area contributed by atoms with E-state index in [0.29, 0.717) is 13.0 Å². The highest BCUT2D eigenvalue weighted by atomic mass is 79.9. The van der Waals surface area contributed by atoms with Crippen LogP contribution in [0.15, 0.2) is 10.8 Å². The Morgan fingerprint density at radius 3 is 2.89 bits per heavy atom. The third kappa shape index (κ3) is 5.02. The topological polar surface area (TPSA) is 93.2 Å². The number of hydrogen-bond donors (Lipinski definition) is 2. The van der Waals surface area contributed by atoms with E-state index in [1.807, 2.05) is 0 Å². The number of anilines is 1. The molecule has 0 fully saturated rings. The van der Waals surface area contributed by atoms with E-state index >= 15 is 0 Å². The summed E-state index contributed by atoms with van der Waals surface area (Å²) in [6, 6.07) is 0. The molecule has 0 aliphatic carbocycles. The minimum atomic E-state index is -3.69. The summed E-state index contributed by atoms with van der Waals surface area (Å²) in [4.78, 5) is 7.46. The van der Waals surface area contributed by atoms with Crippen molar-refractivity contribution in [3.8, 4) is 0 Å². The fourth-order valence-corrected chi connectivity index (χ4v) is 2.47. The molecule has 0 aliphatic rings. The molecule has 1 aromatic rings. The summed E-state index contributed by atoms with van der Waals surface area (Å²) in [5.41, 5.74) is 0. The maximum atomic E-state index is 11.6. The molecule has 0 radical (unpaired) electrons. The van der Waals surface area contributed by atoms with E-state index < -0.39 is 10.2 Å². The smallest absolute Gasteiger partial charge is 0.300 e. The first-order valence-electron chi connectivity index (χ1n) is 4.88. The SMILES string of the molecule is COCCCNS(=O)(=O)Nc1ncnc(Cl)c1Br. The van der Waals surface area contributed by atoms with Gasteiger partial charge in [-0.05, 0) is 22.4 Å². The van der Waals surface area contributed by atoms with Gasteiger partial charge < -0.3 is 4.74 Å². The number of nitrogens with zero attached hydrogens (tertiary/aromatic N) is 2. The van der Waals surface area contributed by atoms with Crippen LogP contribution < -0.4 is 9.44 Å². The quantitative estimate of drug-likeness (QED) is 0.563. The van der Waals surface area contributed by atoms with Gasteiger partial charge in [-0.3, -0.25) is 4.72 Å². The number of hydrogen-bond acceptors (Lipinski definition) is 5. The van der Waals surface area contributed by atoms with Crippen molar-refractivity contribution >= 4 is 43.6 Å². The second kappa shape index (κ2) is 7.19. The molecule has 1 heterocycles. The molecule has 0 saturated heterocycles. The van der Waals surface area contributed by atoms with Crippen LogP contribution in [0.5, 0.6) is 0 Å².